The molecular formula is C22H37IN6S. The van der Waals surface area contributed by atoms with Crippen LogP contribution in [-0.4, -0.2) is 46.6 Å². The van der Waals surface area contributed by atoms with Crippen LogP contribution in [0.1, 0.15) is 51.4 Å². The molecular weight excluding hydrogens is 507 g/mol. The highest BCUT2D eigenvalue weighted by molar-refractivity contribution is 14.0. The van der Waals surface area contributed by atoms with Crippen LogP contribution in [0.25, 0.3) is 0 Å². The lowest BCUT2D eigenvalue weighted by Gasteiger charge is -2.14. The summed E-state index contributed by atoms with van der Waals surface area (Å²) >= 11 is 1.66. The standard InChI is InChI=1S/C22H36N6S.HI/c1-6-23-21(25-15-18(4)19-11-8-7-9-12-19)24-14-10-13-20-26-27-22(29-5)28(20)16-17(2)3;/h7-9,11-12,17-18H,6,10,13-16H2,1-5H3,(H2,23,24,25);1H. The molecule has 1 unspecified atom stereocenters. The number of rotatable bonds is 11. The van der Waals surface area contributed by atoms with Crippen molar-refractivity contribution >= 4 is 41.7 Å². The van der Waals surface area contributed by atoms with Crippen LogP contribution < -0.4 is 10.6 Å². The summed E-state index contributed by atoms with van der Waals surface area (Å²) in [6, 6.07) is 10.5. The number of hydrogen-bond acceptors (Lipinski definition) is 4. The number of nitrogens with one attached hydrogen (secondary N) is 2. The summed E-state index contributed by atoms with van der Waals surface area (Å²) in [6.07, 6.45) is 3.96. The van der Waals surface area contributed by atoms with Gasteiger partial charge in [-0.2, -0.15) is 0 Å². The van der Waals surface area contributed by atoms with E-state index < -0.39 is 0 Å². The van der Waals surface area contributed by atoms with Crippen LogP contribution >= 0.6 is 35.7 Å². The van der Waals surface area contributed by atoms with Crippen molar-refractivity contribution in [3.05, 3.63) is 41.7 Å². The van der Waals surface area contributed by atoms with Crippen molar-refractivity contribution in [1.82, 2.24) is 25.4 Å². The third kappa shape index (κ3) is 8.83. The van der Waals surface area contributed by atoms with Crippen LogP contribution in [0.2, 0.25) is 0 Å². The molecule has 0 amide bonds. The van der Waals surface area contributed by atoms with Crippen molar-refractivity contribution in [2.75, 3.05) is 25.9 Å². The summed E-state index contributed by atoms with van der Waals surface area (Å²) in [6.45, 7) is 12.2. The quantitative estimate of drug-likeness (QED) is 0.143. The van der Waals surface area contributed by atoms with E-state index in [0.29, 0.717) is 11.8 Å². The number of aromatic nitrogens is 3. The Hall–Kier alpha value is -1.29. The summed E-state index contributed by atoms with van der Waals surface area (Å²) in [7, 11) is 0. The van der Waals surface area contributed by atoms with Crippen LogP contribution in [0, 0.1) is 5.92 Å². The second-order valence-corrected chi connectivity index (χ2v) is 8.44. The molecule has 2 aromatic rings. The van der Waals surface area contributed by atoms with Gasteiger partial charge in [0.05, 0.1) is 0 Å². The fraction of sp³-hybridized carbons (Fsp3) is 0.591. The Labute approximate surface area is 203 Å². The fourth-order valence-electron chi connectivity index (χ4n) is 3.11. The van der Waals surface area contributed by atoms with E-state index >= 15 is 0 Å². The first-order valence-corrected chi connectivity index (χ1v) is 11.8. The Morgan fingerprint density at radius 3 is 2.50 bits per heavy atom. The van der Waals surface area contributed by atoms with Gasteiger partial charge in [0.15, 0.2) is 11.1 Å². The smallest absolute Gasteiger partial charge is 0.191 e. The van der Waals surface area contributed by atoms with Crippen molar-refractivity contribution in [1.29, 1.82) is 0 Å². The Kier molecular flexibility index (Phi) is 13.1. The predicted octanol–water partition coefficient (Wildman–Crippen LogP) is 4.57. The third-order valence-corrected chi connectivity index (χ3v) is 5.30. The summed E-state index contributed by atoms with van der Waals surface area (Å²) in [4.78, 5) is 4.77. The molecule has 0 bridgehead atoms. The first kappa shape index (κ1) is 26.7. The molecule has 168 valence electrons. The lowest BCUT2D eigenvalue weighted by Crippen LogP contribution is -2.38. The van der Waals surface area contributed by atoms with Gasteiger partial charge in [-0.1, -0.05) is 62.9 Å². The highest BCUT2D eigenvalue weighted by Gasteiger charge is 2.12. The van der Waals surface area contributed by atoms with Gasteiger partial charge in [-0.05, 0) is 31.1 Å². The molecule has 6 nitrogen and oxygen atoms in total. The van der Waals surface area contributed by atoms with Gasteiger partial charge in [0.2, 0.25) is 0 Å². The molecule has 1 heterocycles. The molecule has 8 heteroatoms. The SMILES string of the molecule is CCNC(=NCC(C)c1ccccc1)NCCCc1nnc(SC)n1CC(C)C.I. The van der Waals surface area contributed by atoms with E-state index in [-0.39, 0.29) is 24.0 Å². The maximum absolute atomic E-state index is 4.77. The van der Waals surface area contributed by atoms with Gasteiger partial charge >= 0.3 is 0 Å². The lowest BCUT2D eigenvalue weighted by molar-refractivity contribution is 0.477. The molecule has 2 rings (SSSR count). The number of hydrogen-bond donors (Lipinski definition) is 2. The number of aliphatic imine (C=N–C) groups is 1. The van der Waals surface area contributed by atoms with Gasteiger partial charge in [0.25, 0.3) is 0 Å². The summed E-state index contributed by atoms with van der Waals surface area (Å²) in [5, 5.41) is 16.5. The molecule has 0 aliphatic rings. The van der Waals surface area contributed by atoms with Crippen molar-refractivity contribution < 1.29 is 0 Å². The maximum atomic E-state index is 4.77. The van der Waals surface area contributed by atoms with Gasteiger partial charge in [0, 0.05) is 38.5 Å². The number of nitrogens with zero attached hydrogens (tertiary/aromatic N) is 4. The van der Waals surface area contributed by atoms with Gasteiger partial charge < -0.3 is 15.2 Å². The average molecular weight is 545 g/mol. The summed E-state index contributed by atoms with van der Waals surface area (Å²) in [5.74, 6) is 2.92. The Bertz CT molecular complexity index is 747. The first-order valence-electron chi connectivity index (χ1n) is 10.6. The number of halogens is 1. The van der Waals surface area contributed by atoms with Gasteiger partial charge in [0.1, 0.15) is 5.82 Å². The number of guanidine groups is 1. The second-order valence-electron chi connectivity index (χ2n) is 7.67. The molecule has 30 heavy (non-hydrogen) atoms. The van der Waals surface area contributed by atoms with Crippen LogP contribution in [-0.2, 0) is 13.0 Å². The number of benzene rings is 1. The van der Waals surface area contributed by atoms with Crippen molar-refractivity contribution in [2.45, 2.75) is 58.2 Å². The zero-order valence-electron chi connectivity index (χ0n) is 18.9. The predicted molar refractivity (Wildman–Crippen MR) is 139 cm³/mol. The van der Waals surface area contributed by atoms with E-state index in [9.17, 15) is 0 Å². The Morgan fingerprint density at radius 2 is 1.87 bits per heavy atom. The van der Waals surface area contributed by atoms with Gasteiger partial charge in [-0.3, -0.25) is 4.99 Å². The maximum Gasteiger partial charge on any atom is 0.191 e. The van der Waals surface area contributed by atoms with Crippen molar-refractivity contribution in [3.63, 3.8) is 0 Å². The van der Waals surface area contributed by atoms with Gasteiger partial charge in [-0.25, -0.2) is 0 Å². The molecule has 2 N–H and O–H groups in total. The van der Waals surface area contributed by atoms with E-state index in [0.717, 1.165) is 56.0 Å². The van der Waals surface area contributed by atoms with E-state index in [1.165, 1.54) is 5.56 Å². The van der Waals surface area contributed by atoms with Crippen LogP contribution in [0.5, 0.6) is 0 Å². The number of aryl methyl sites for hydroxylation is 1. The average Bonchev–Trinajstić information content (AvgIpc) is 3.10. The summed E-state index contributed by atoms with van der Waals surface area (Å²) < 4.78 is 2.26. The molecule has 0 saturated heterocycles. The largest absolute Gasteiger partial charge is 0.357 e. The third-order valence-electron chi connectivity index (χ3n) is 4.63. The van der Waals surface area contributed by atoms with E-state index in [4.69, 9.17) is 4.99 Å². The lowest BCUT2D eigenvalue weighted by atomic mass is 10.0. The second kappa shape index (κ2) is 14.7. The topological polar surface area (TPSA) is 67.1 Å². The molecule has 1 aromatic heterocycles. The van der Waals surface area contributed by atoms with Crippen LogP contribution in [0.3, 0.4) is 0 Å². The zero-order chi connectivity index (χ0) is 21.1. The Balaban J connectivity index is 0.00000450. The minimum absolute atomic E-state index is 0. The van der Waals surface area contributed by atoms with Crippen LogP contribution in [0.4, 0.5) is 0 Å². The van der Waals surface area contributed by atoms with E-state index in [1.54, 1.807) is 11.8 Å². The summed E-state index contributed by atoms with van der Waals surface area (Å²) in [5.41, 5.74) is 1.32. The molecule has 0 aliphatic heterocycles. The van der Waals surface area contributed by atoms with E-state index in [2.05, 4.69) is 89.7 Å². The minimum atomic E-state index is 0. The zero-order valence-corrected chi connectivity index (χ0v) is 22.0. The molecule has 1 aromatic carbocycles. The monoisotopic (exact) mass is 544 g/mol. The van der Waals surface area contributed by atoms with Crippen molar-refractivity contribution in [2.24, 2.45) is 10.9 Å². The van der Waals surface area contributed by atoms with Crippen LogP contribution in [0.15, 0.2) is 40.5 Å². The first-order chi connectivity index (χ1) is 14.0. The highest BCUT2D eigenvalue weighted by Crippen LogP contribution is 2.17. The minimum Gasteiger partial charge on any atom is -0.357 e. The normalized spacial score (nSPS) is 12.5. The molecule has 0 spiro atoms. The van der Waals surface area contributed by atoms with Crippen molar-refractivity contribution in [3.8, 4) is 0 Å². The molecule has 0 radical (unpaired) electrons. The molecule has 1 atom stereocenters. The fourth-order valence-corrected chi connectivity index (χ4v) is 3.64. The van der Waals surface area contributed by atoms with Gasteiger partial charge in [-0.15, -0.1) is 34.2 Å². The Morgan fingerprint density at radius 1 is 1.13 bits per heavy atom. The van der Waals surface area contributed by atoms with E-state index in [1.807, 2.05) is 0 Å². The number of thioether (sulfide) groups is 1. The molecule has 0 saturated carbocycles. The molecule has 0 fully saturated rings. The highest BCUT2D eigenvalue weighted by atomic mass is 127. The molecule has 0 aliphatic carbocycles.